The fourth-order valence-corrected chi connectivity index (χ4v) is 6.19. The van der Waals surface area contributed by atoms with Gasteiger partial charge in [0.1, 0.15) is 46.8 Å². The molecule has 2 aliphatic heterocycles. The SMILES string of the molecule is COc1cc(C(=O)NC[C@H]2c3cc(C#N)nc(c3)-c3cc(F)c(Cl)cc3-c3nc2cc2c3OC[C@]2(C)C(N)=O)cc(C=NC2CC2)c1N. The van der Waals surface area contributed by atoms with E-state index < -0.39 is 29.0 Å². The molecule has 0 unspecified atom stereocenters. The van der Waals surface area contributed by atoms with Gasteiger partial charge >= 0.3 is 0 Å². The summed E-state index contributed by atoms with van der Waals surface area (Å²) in [5.74, 6) is -1.75. The number of ether oxygens (including phenoxy) is 2. The Morgan fingerprint density at radius 3 is 2.71 bits per heavy atom. The van der Waals surface area contributed by atoms with Crippen molar-refractivity contribution in [3.8, 4) is 40.1 Å². The van der Waals surface area contributed by atoms with Gasteiger partial charge in [-0.2, -0.15) is 5.26 Å². The first-order chi connectivity index (χ1) is 23.0. The molecule has 11 nitrogen and oxygen atoms in total. The number of benzene rings is 2. The van der Waals surface area contributed by atoms with Gasteiger partial charge in [0.15, 0.2) is 0 Å². The van der Waals surface area contributed by atoms with Gasteiger partial charge in [-0.05, 0) is 67.8 Å². The summed E-state index contributed by atoms with van der Waals surface area (Å²) in [5.41, 5.74) is 15.1. The number of nitrogen functional groups attached to an aromatic ring is 1. The maximum atomic E-state index is 15.0. The number of rotatable bonds is 7. The first-order valence-electron chi connectivity index (χ1n) is 15.2. The minimum absolute atomic E-state index is 0.0101. The van der Waals surface area contributed by atoms with Crippen LogP contribution in [0.2, 0.25) is 5.02 Å². The van der Waals surface area contributed by atoms with E-state index in [0.29, 0.717) is 67.6 Å². The number of methoxy groups -OCH3 is 1. The molecule has 3 aliphatic rings. The summed E-state index contributed by atoms with van der Waals surface area (Å²) in [6.45, 7) is 1.66. The Hall–Kier alpha value is -5.54. The summed E-state index contributed by atoms with van der Waals surface area (Å²) in [4.78, 5) is 40.5. The van der Waals surface area contributed by atoms with E-state index in [4.69, 9.17) is 37.5 Å². The molecule has 2 atom stereocenters. The van der Waals surface area contributed by atoms with Gasteiger partial charge in [0.05, 0.1) is 35.2 Å². The monoisotopic (exact) mass is 665 g/mol. The minimum Gasteiger partial charge on any atom is -0.495 e. The molecule has 2 aromatic heterocycles. The molecule has 0 saturated heterocycles. The lowest BCUT2D eigenvalue weighted by molar-refractivity contribution is -0.123. The Kier molecular flexibility index (Phi) is 7.52. The van der Waals surface area contributed by atoms with Crippen LogP contribution in [0.3, 0.4) is 0 Å². The average Bonchev–Trinajstić information content (AvgIpc) is 3.85. The molecule has 0 radical (unpaired) electrons. The number of anilines is 1. The van der Waals surface area contributed by atoms with Crippen molar-refractivity contribution < 1.29 is 23.5 Å². The number of pyridine rings is 2. The number of nitrogens with two attached hydrogens (primary N) is 2. The molecular weight excluding hydrogens is 637 g/mol. The number of aliphatic imine (C=N–C) groups is 1. The first-order valence-corrected chi connectivity index (χ1v) is 15.6. The van der Waals surface area contributed by atoms with E-state index in [1.807, 2.05) is 0 Å². The summed E-state index contributed by atoms with van der Waals surface area (Å²) in [6.07, 6.45) is 3.68. The number of fused-ring (bicyclic) bond motifs is 9. The first kappa shape index (κ1) is 31.1. The minimum atomic E-state index is -1.21. The molecule has 13 heteroatoms. The van der Waals surface area contributed by atoms with Crippen LogP contribution < -0.4 is 26.3 Å². The van der Waals surface area contributed by atoms with Crippen LogP contribution in [0.15, 0.2) is 47.5 Å². The normalized spacial score (nSPS) is 18.9. The van der Waals surface area contributed by atoms with Crippen LogP contribution in [0, 0.1) is 17.1 Å². The van der Waals surface area contributed by atoms with Gasteiger partial charge < -0.3 is 26.3 Å². The lowest BCUT2D eigenvalue weighted by Gasteiger charge is -2.22. The number of primary amides is 1. The average molecular weight is 666 g/mol. The largest absolute Gasteiger partial charge is 0.495 e. The number of aromatic nitrogens is 2. The van der Waals surface area contributed by atoms with Gasteiger partial charge in [0.25, 0.3) is 5.91 Å². The molecule has 1 aliphatic carbocycles. The van der Waals surface area contributed by atoms with Crippen LogP contribution in [0.5, 0.6) is 11.5 Å². The van der Waals surface area contributed by atoms with Gasteiger partial charge in [-0.25, -0.2) is 14.4 Å². The van der Waals surface area contributed by atoms with Crippen molar-refractivity contribution in [3.63, 3.8) is 0 Å². The molecular formula is C35H29ClFN7O4. The lowest BCUT2D eigenvalue weighted by Crippen LogP contribution is -2.40. The summed E-state index contributed by atoms with van der Waals surface area (Å²) in [5, 5.41) is 12.8. The van der Waals surface area contributed by atoms with Crippen molar-refractivity contribution in [1.82, 2.24) is 15.3 Å². The van der Waals surface area contributed by atoms with Crippen LogP contribution >= 0.6 is 11.6 Å². The fraction of sp³-hybridized carbons (Fsp3) is 0.257. The lowest BCUT2D eigenvalue weighted by atomic mass is 9.82. The number of nitrogens with zero attached hydrogens (tertiary/aromatic N) is 4. The smallest absolute Gasteiger partial charge is 0.251 e. The van der Waals surface area contributed by atoms with Crippen molar-refractivity contribution in [2.45, 2.75) is 37.1 Å². The van der Waals surface area contributed by atoms with Crippen molar-refractivity contribution in [2.24, 2.45) is 10.7 Å². The van der Waals surface area contributed by atoms with Gasteiger partial charge in [-0.15, -0.1) is 0 Å². The van der Waals surface area contributed by atoms with Gasteiger partial charge in [-0.1, -0.05) is 11.6 Å². The van der Waals surface area contributed by atoms with Crippen molar-refractivity contribution in [3.05, 3.63) is 86.9 Å². The quantitative estimate of drug-likeness (QED) is 0.188. The highest BCUT2D eigenvalue weighted by Crippen LogP contribution is 2.49. The van der Waals surface area contributed by atoms with Crippen LogP contribution in [-0.2, 0) is 10.2 Å². The molecule has 2 amide bonds. The van der Waals surface area contributed by atoms with Crippen LogP contribution in [0.1, 0.15) is 64.1 Å². The van der Waals surface area contributed by atoms with E-state index in [1.165, 1.54) is 19.2 Å². The topological polar surface area (TPSA) is 179 Å². The molecule has 4 heterocycles. The van der Waals surface area contributed by atoms with E-state index in [9.17, 15) is 19.2 Å². The number of carbonyl (C=O) groups excluding carboxylic acids is 2. The Morgan fingerprint density at radius 2 is 2.00 bits per heavy atom. The highest BCUT2D eigenvalue weighted by Gasteiger charge is 2.45. The number of carbonyl (C=O) groups is 2. The third kappa shape index (κ3) is 5.26. The Labute approximate surface area is 279 Å². The zero-order valence-electron chi connectivity index (χ0n) is 25.9. The van der Waals surface area contributed by atoms with Crippen molar-refractivity contribution in [1.29, 1.82) is 5.26 Å². The van der Waals surface area contributed by atoms with Crippen LogP contribution in [-0.4, -0.2) is 54.3 Å². The predicted octanol–water partition coefficient (Wildman–Crippen LogP) is 4.66. The summed E-state index contributed by atoms with van der Waals surface area (Å²) < 4.78 is 26.5. The van der Waals surface area contributed by atoms with Crippen LogP contribution in [0.25, 0.3) is 22.5 Å². The molecule has 0 spiro atoms. The van der Waals surface area contributed by atoms with E-state index in [-0.39, 0.29) is 29.9 Å². The fourth-order valence-electron chi connectivity index (χ4n) is 6.03. The Bertz CT molecular complexity index is 2130. The standard InChI is InChI=1S/C35H29ClFN7O4/c1-35(34(40)46)15-48-32-24(35)11-28-23(14-42-33(45)17-5-18(13-41-19-3-4-19)30(39)29(8-17)47-2)16-6-20(12-38)43-27(7-16)21-10-26(37)25(36)9-22(21)31(32)44-28/h5-11,13,19,23H,3-4,14-15,39H2,1-2H3,(H2,40,46)(H,42,45)/t23-,35-/m0/s1. The molecule has 7 rings (SSSR count). The molecule has 4 aromatic rings. The third-order valence-corrected chi connectivity index (χ3v) is 9.33. The molecule has 48 heavy (non-hydrogen) atoms. The number of hydrogen-bond acceptors (Lipinski definition) is 9. The molecule has 1 fully saturated rings. The van der Waals surface area contributed by atoms with Gasteiger partial charge in [0, 0.05) is 46.5 Å². The molecule has 5 N–H and O–H groups in total. The zero-order valence-corrected chi connectivity index (χ0v) is 26.7. The number of hydrogen-bond donors (Lipinski definition) is 3. The second-order valence-corrected chi connectivity index (χ2v) is 12.7. The number of halogens is 2. The van der Waals surface area contributed by atoms with E-state index >= 15 is 0 Å². The highest BCUT2D eigenvalue weighted by molar-refractivity contribution is 6.31. The number of amides is 2. The van der Waals surface area contributed by atoms with Gasteiger partial charge in [-0.3, -0.25) is 14.6 Å². The van der Waals surface area contributed by atoms with Crippen molar-refractivity contribution in [2.75, 3.05) is 26.0 Å². The summed E-state index contributed by atoms with van der Waals surface area (Å²) >= 11 is 6.28. The molecule has 1 saturated carbocycles. The van der Waals surface area contributed by atoms with E-state index in [0.717, 1.165) is 12.8 Å². The van der Waals surface area contributed by atoms with E-state index in [2.05, 4.69) is 21.4 Å². The molecule has 4 bridgehead atoms. The highest BCUT2D eigenvalue weighted by atomic mass is 35.5. The maximum absolute atomic E-state index is 15.0. The molecule has 2 aromatic carbocycles. The maximum Gasteiger partial charge on any atom is 0.251 e. The summed E-state index contributed by atoms with van der Waals surface area (Å²) in [6, 6.07) is 13.2. The molecule has 242 valence electrons. The second-order valence-electron chi connectivity index (χ2n) is 12.3. The van der Waals surface area contributed by atoms with Crippen molar-refractivity contribution >= 4 is 35.3 Å². The Morgan fingerprint density at radius 1 is 1.21 bits per heavy atom. The zero-order chi connectivity index (χ0) is 33.9. The van der Waals surface area contributed by atoms with Crippen LogP contribution in [0.4, 0.5) is 10.1 Å². The van der Waals surface area contributed by atoms with E-state index in [1.54, 1.807) is 43.5 Å². The van der Waals surface area contributed by atoms with Gasteiger partial charge in [0.2, 0.25) is 5.91 Å². The Balaban J connectivity index is 1.37. The predicted molar refractivity (Wildman–Crippen MR) is 177 cm³/mol. The second kappa shape index (κ2) is 11.6. The summed E-state index contributed by atoms with van der Waals surface area (Å²) in [7, 11) is 1.47. The number of nitriles is 1. The number of nitrogens with one attached hydrogen (secondary N) is 1. The third-order valence-electron chi connectivity index (χ3n) is 9.04.